The number of aromatic nitrogens is 1. The van der Waals surface area contributed by atoms with E-state index in [4.69, 9.17) is 0 Å². The number of aryl methyl sites for hydroxylation is 1. The highest BCUT2D eigenvalue weighted by atomic mass is 16.3. The van der Waals surface area contributed by atoms with Crippen molar-refractivity contribution in [2.45, 2.75) is 57.3 Å². The lowest BCUT2D eigenvalue weighted by Crippen LogP contribution is -2.54. The summed E-state index contributed by atoms with van der Waals surface area (Å²) in [6.45, 7) is 6.88. The van der Waals surface area contributed by atoms with Crippen LogP contribution in [0.1, 0.15) is 64.8 Å². The molecule has 3 heterocycles. The molecule has 34 heavy (non-hydrogen) atoms. The molecule has 6 rings (SSSR count). The maximum Gasteiger partial charge on any atom is 0.261 e. The van der Waals surface area contributed by atoms with Crippen LogP contribution in [0.5, 0.6) is 5.75 Å². The molecule has 2 unspecified atom stereocenters. The molecule has 6 heteroatoms. The van der Waals surface area contributed by atoms with Crippen LogP contribution in [0.2, 0.25) is 0 Å². The number of nitrogens with zero attached hydrogens (tertiary/aromatic N) is 2. The summed E-state index contributed by atoms with van der Waals surface area (Å²) >= 11 is 0. The third-order valence-corrected chi connectivity index (χ3v) is 8.90. The fourth-order valence-corrected chi connectivity index (χ4v) is 6.84. The van der Waals surface area contributed by atoms with Crippen LogP contribution in [-0.2, 0) is 18.3 Å². The topological polar surface area (TPSA) is 76.6 Å². The van der Waals surface area contributed by atoms with Gasteiger partial charge in [-0.25, -0.2) is 0 Å². The zero-order chi connectivity index (χ0) is 23.4. The molecule has 2 aliphatic heterocycles. The van der Waals surface area contributed by atoms with Gasteiger partial charge in [-0.15, -0.1) is 0 Å². The zero-order valence-electron chi connectivity index (χ0n) is 20.1. The van der Waals surface area contributed by atoms with E-state index < -0.39 is 0 Å². The number of pyridine rings is 1. The van der Waals surface area contributed by atoms with Gasteiger partial charge in [-0.05, 0) is 105 Å². The Bertz CT molecular complexity index is 1180. The van der Waals surface area contributed by atoms with Crippen LogP contribution >= 0.6 is 0 Å². The van der Waals surface area contributed by atoms with E-state index in [1.165, 1.54) is 30.5 Å². The van der Waals surface area contributed by atoms with Gasteiger partial charge < -0.3 is 19.9 Å². The minimum Gasteiger partial charge on any atom is -0.508 e. The molecule has 0 radical (unpaired) electrons. The maximum absolute atomic E-state index is 13.1. The summed E-state index contributed by atoms with van der Waals surface area (Å²) in [4.78, 5) is 33.7. The fraction of sp³-hybridized carbons (Fsp3) is 0.571. The molecule has 3 fully saturated rings. The summed E-state index contributed by atoms with van der Waals surface area (Å²) in [7, 11) is 0. The van der Waals surface area contributed by atoms with Crippen molar-refractivity contribution >= 4 is 5.91 Å². The van der Waals surface area contributed by atoms with Crippen molar-refractivity contribution in [2.24, 2.45) is 11.8 Å². The number of hydrogen-bond donors (Lipinski definition) is 2. The van der Waals surface area contributed by atoms with Crippen molar-refractivity contribution in [3.8, 4) is 5.75 Å². The minimum absolute atomic E-state index is 0.112. The van der Waals surface area contributed by atoms with Crippen LogP contribution in [0.15, 0.2) is 29.1 Å². The van der Waals surface area contributed by atoms with E-state index in [1.807, 2.05) is 23.1 Å². The van der Waals surface area contributed by atoms with Crippen molar-refractivity contribution < 1.29 is 9.90 Å². The predicted molar refractivity (Wildman–Crippen MR) is 131 cm³/mol. The van der Waals surface area contributed by atoms with Crippen LogP contribution in [0, 0.1) is 18.8 Å². The van der Waals surface area contributed by atoms with Gasteiger partial charge in [0.2, 0.25) is 0 Å². The van der Waals surface area contributed by atoms with Crippen LogP contribution in [0.25, 0.3) is 0 Å². The minimum atomic E-state index is -0.261. The molecule has 2 saturated heterocycles. The van der Waals surface area contributed by atoms with Gasteiger partial charge >= 0.3 is 0 Å². The number of phenolic OH excluding ortho intramolecular Hbond substituents is 1. The van der Waals surface area contributed by atoms with Gasteiger partial charge in [0.05, 0.1) is 0 Å². The van der Waals surface area contributed by atoms with Crippen molar-refractivity contribution in [3.63, 3.8) is 0 Å². The van der Waals surface area contributed by atoms with E-state index in [2.05, 4.69) is 16.8 Å². The molecule has 0 spiro atoms. The number of H-pyrrole nitrogens is 1. The number of aromatic amines is 1. The Labute approximate surface area is 201 Å². The summed E-state index contributed by atoms with van der Waals surface area (Å²) in [5.74, 6) is 1.42. The van der Waals surface area contributed by atoms with Gasteiger partial charge in [0, 0.05) is 37.3 Å². The predicted octanol–water partition coefficient (Wildman–Crippen LogP) is 3.39. The molecule has 2 atom stereocenters. The van der Waals surface area contributed by atoms with Crippen molar-refractivity contribution in [1.82, 2.24) is 14.8 Å². The Hall–Kier alpha value is -2.60. The van der Waals surface area contributed by atoms with Crippen LogP contribution in [-0.4, -0.2) is 58.5 Å². The van der Waals surface area contributed by atoms with Crippen LogP contribution in [0.4, 0.5) is 0 Å². The zero-order valence-corrected chi connectivity index (χ0v) is 20.1. The molecule has 1 saturated carbocycles. The number of carbonyl (C=O) groups is 1. The number of phenols is 1. The van der Waals surface area contributed by atoms with E-state index in [0.717, 1.165) is 75.5 Å². The SMILES string of the molecule is Cc1ccc(O)cc1C12CCN(CC3CC3)CC1Cc1cc(C(=O)N3CCCC3)c(=O)[nH]c1C2. The summed E-state index contributed by atoms with van der Waals surface area (Å²) in [6, 6.07) is 7.63. The molecule has 1 amide bonds. The lowest BCUT2D eigenvalue weighted by molar-refractivity contribution is 0.0762. The molecule has 0 bridgehead atoms. The number of nitrogens with one attached hydrogen (secondary N) is 1. The van der Waals surface area contributed by atoms with E-state index in [-0.39, 0.29) is 16.9 Å². The first-order chi connectivity index (χ1) is 16.4. The highest BCUT2D eigenvalue weighted by Gasteiger charge is 2.48. The van der Waals surface area contributed by atoms with E-state index in [1.54, 1.807) is 6.07 Å². The molecule has 1 aromatic heterocycles. The standard InChI is InChI=1S/C28H35N3O3/c1-18-4-7-22(32)14-24(18)28-8-11-30(16-19-5-6-19)17-21(28)12-20-13-23(26(33)29-25(20)15-28)27(34)31-9-2-3-10-31/h4,7,13-14,19,21,32H,2-3,5-6,8-12,15-17H2,1H3,(H,29,33). The lowest BCUT2D eigenvalue weighted by atomic mass is 9.58. The number of rotatable bonds is 4. The number of hydrogen-bond acceptors (Lipinski definition) is 4. The number of amides is 1. The highest BCUT2D eigenvalue weighted by Crippen LogP contribution is 2.49. The number of aromatic hydroxyl groups is 1. The quantitative estimate of drug-likeness (QED) is 0.732. The van der Waals surface area contributed by atoms with Crippen molar-refractivity contribution in [3.05, 3.63) is 62.6 Å². The molecule has 6 nitrogen and oxygen atoms in total. The molecule has 2 aromatic rings. The first-order valence-electron chi connectivity index (χ1n) is 13.0. The number of likely N-dealkylation sites (tertiary alicyclic amines) is 2. The Kier molecular flexibility index (Phi) is 5.32. The average molecular weight is 462 g/mol. The number of benzene rings is 1. The Balaban J connectivity index is 1.39. The van der Waals surface area contributed by atoms with Gasteiger partial charge in [0.15, 0.2) is 0 Å². The van der Waals surface area contributed by atoms with E-state index in [0.29, 0.717) is 17.2 Å². The molecule has 2 N–H and O–H groups in total. The first kappa shape index (κ1) is 21.9. The maximum atomic E-state index is 13.1. The number of carbonyl (C=O) groups excluding carboxylic acids is 1. The third-order valence-electron chi connectivity index (χ3n) is 8.90. The second-order valence-electron chi connectivity index (χ2n) is 11.2. The normalized spacial score (nSPS) is 26.9. The molecular formula is C28H35N3O3. The summed E-state index contributed by atoms with van der Waals surface area (Å²) in [6.07, 6.45) is 7.35. The van der Waals surface area contributed by atoms with Gasteiger partial charge in [-0.2, -0.15) is 0 Å². The van der Waals surface area contributed by atoms with Gasteiger partial charge in [-0.3, -0.25) is 9.59 Å². The summed E-state index contributed by atoms with van der Waals surface area (Å²) in [5, 5.41) is 10.4. The second kappa shape index (κ2) is 8.26. The van der Waals surface area contributed by atoms with Crippen molar-refractivity contribution in [2.75, 3.05) is 32.7 Å². The van der Waals surface area contributed by atoms with Gasteiger partial charge in [-0.1, -0.05) is 6.07 Å². The molecule has 2 aliphatic carbocycles. The Morgan fingerprint density at radius 1 is 1.18 bits per heavy atom. The van der Waals surface area contributed by atoms with Gasteiger partial charge in [0.25, 0.3) is 11.5 Å². The smallest absolute Gasteiger partial charge is 0.261 e. The number of piperidine rings is 1. The molecule has 4 aliphatic rings. The number of fused-ring (bicyclic) bond motifs is 2. The molecule has 180 valence electrons. The van der Waals surface area contributed by atoms with E-state index >= 15 is 0 Å². The molecule has 1 aromatic carbocycles. The highest BCUT2D eigenvalue weighted by molar-refractivity contribution is 5.94. The molecular weight excluding hydrogens is 426 g/mol. The van der Waals surface area contributed by atoms with Crippen LogP contribution in [0.3, 0.4) is 0 Å². The summed E-state index contributed by atoms with van der Waals surface area (Å²) in [5.41, 5.74) is 4.43. The van der Waals surface area contributed by atoms with Crippen LogP contribution < -0.4 is 5.56 Å². The third kappa shape index (κ3) is 3.76. The van der Waals surface area contributed by atoms with E-state index in [9.17, 15) is 14.7 Å². The summed E-state index contributed by atoms with van der Waals surface area (Å²) < 4.78 is 0. The Morgan fingerprint density at radius 2 is 1.97 bits per heavy atom. The lowest BCUT2D eigenvalue weighted by Gasteiger charge is -2.52. The average Bonchev–Trinajstić information content (AvgIpc) is 3.46. The fourth-order valence-electron chi connectivity index (χ4n) is 6.84. The Morgan fingerprint density at radius 3 is 2.74 bits per heavy atom. The largest absolute Gasteiger partial charge is 0.508 e. The van der Waals surface area contributed by atoms with Crippen molar-refractivity contribution in [1.29, 1.82) is 0 Å². The second-order valence-corrected chi connectivity index (χ2v) is 11.2. The monoisotopic (exact) mass is 461 g/mol. The van der Waals surface area contributed by atoms with Gasteiger partial charge in [0.1, 0.15) is 11.3 Å². The first-order valence-corrected chi connectivity index (χ1v) is 13.0.